The number of hydrogen-bond donors (Lipinski definition) is 3. The SMILES string of the molecule is Cn1cc(-c2ccnc(Nc3ccc(C(F)(F)F)cc3)c2C(=N)CNC(=O)OC(C)(C)C)cn1. The van der Waals surface area contributed by atoms with Crippen LogP contribution in [0.3, 0.4) is 0 Å². The van der Waals surface area contributed by atoms with Crippen LogP contribution in [-0.4, -0.2) is 38.7 Å². The van der Waals surface area contributed by atoms with Crippen molar-refractivity contribution in [1.29, 1.82) is 5.41 Å². The number of benzene rings is 1. The minimum Gasteiger partial charge on any atom is -0.444 e. The lowest BCUT2D eigenvalue weighted by Gasteiger charge is -2.20. The molecular formula is C23H25F3N6O2. The van der Waals surface area contributed by atoms with E-state index in [9.17, 15) is 18.0 Å². The van der Waals surface area contributed by atoms with Crippen LogP contribution in [0.4, 0.5) is 29.5 Å². The van der Waals surface area contributed by atoms with Gasteiger partial charge in [0.1, 0.15) is 11.4 Å². The van der Waals surface area contributed by atoms with Crippen LogP contribution in [0.1, 0.15) is 31.9 Å². The Hall–Kier alpha value is -3.89. The van der Waals surface area contributed by atoms with Gasteiger partial charge in [-0.3, -0.25) is 4.68 Å². The van der Waals surface area contributed by atoms with Gasteiger partial charge in [0, 0.05) is 36.3 Å². The third-order valence-corrected chi connectivity index (χ3v) is 4.55. The molecule has 0 spiro atoms. The summed E-state index contributed by atoms with van der Waals surface area (Å²) in [6.07, 6.45) is -0.226. The average Bonchev–Trinajstić information content (AvgIpc) is 3.16. The zero-order chi connectivity index (χ0) is 25.1. The standard InChI is InChI=1S/C23H25F3N6O2/c1-22(2,3)34-21(33)29-12-18(27)19-17(14-11-30-32(4)13-14)9-10-28-20(19)31-16-7-5-15(6-8-16)23(24,25)26/h5-11,13,27H,12H2,1-4H3,(H,28,31)(H,29,33). The minimum absolute atomic E-state index is 0.0206. The Bertz CT molecular complexity index is 1180. The van der Waals surface area contributed by atoms with E-state index in [1.54, 1.807) is 51.0 Å². The van der Waals surface area contributed by atoms with E-state index < -0.39 is 23.4 Å². The fourth-order valence-electron chi connectivity index (χ4n) is 3.11. The Kier molecular flexibility index (Phi) is 6.94. The number of carbonyl (C=O) groups is 1. The topological polar surface area (TPSA) is 105 Å². The quantitative estimate of drug-likeness (QED) is 0.429. The second-order valence-electron chi connectivity index (χ2n) is 8.52. The lowest BCUT2D eigenvalue weighted by atomic mass is 9.99. The molecule has 1 amide bonds. The van der Waals surface area contributed by atoms with Crippen LogP contribution < -0.4 is 10.6 Å². The van der Waals surface area contributed by atoms with Crippen LogP contribution in [0, 0.1) is 5.41 Å². The van der Waals surface area contributed by atoms with Gasteiger partial charge in [-0.05, 0) is 56.7 Å². The highest BCUT2D eigenvalue weighted by Crippen LogP contribution is 2.32. The van der Waals surface area contributed by atoms with E-state index in [1.165, 1.54) is 18.3 Å². The number of hydrogen-bond acceptors (Lipinski definition) is 6. The lowest BCUT2D eigenvalue weighted by molar-refractivity contribution is -0.137. The number of nitrogens with zero attached hydrogens (tertiary/aromatic N) is 3. The van der Waals surface area contributed by atoms with Gasteiger partial charge in [0.05, 0.1) is 24.0 Å². The Labute approximate surface area is 194 Å². The van der Waals surface area contributed by atoms with Crippen molar-refractivity contribution in [3.05, 3.63) is 60.0 Å². The number of alkyl halides is 3. The molecule has 1 aromatic carbocycles. The molecule has 2 aromatic heterocycles. The number of carbonyl (C=O) groups excluding carboxylic acids is 1. The van der Waals surface area contributed by atoms with Gasteiger partial charge in [0.15, 0.2) is 0 Å². The molecular weight excluding hydrogens is 449 g/mol. The summed E-state index contributed by atoms with van der Waals surface area (Å²) in [7, 11) is 1.75. The molecule has 0 saturated heterocycles. The highest BCUT2D eigenvalue weighted by molar-refractivity contribution is 6.10. The Morgan fingerprint density at radius 2 is 1.82 bits per heavy atom. The molecule has 0 aliphatic rings. The maximum atomic E-state index is 12.9. The van der Waals surface area contributed by atoms with Crippen molar-refractivity contribution in [2.24, 2.45) is 7.05 Å². The minimum atomic E-state index is -4.45. The summed E-state index contributed by atoms with van der Waals surface area (Å²) < 4.78 is 45.5. The smallest absolute Gasteiger partial charge is 0.416 e. The second-order valence-corrected chi connectivity index (χ2v) is 8.52. The first-order valence-electron chi connectivity index (χ1n) is 10.3. The van der Waals surface area contributed by atoms with Crippen molar-refractivity contribution in [2.75, 3.05) is 11.9 Å². The van der Waals surface area contributed by atoms with Crippen LogP contribution in [0.25, 0.3) is 11.1 Å². The van der Waals surface area contributed by atoms with E-state index in [2.05, 4.69) is 20.7 Å². The van der Waals surface area contributed by atoms with Gasteiger partial charge in [0.2, 0.25) is 0 Å². The fourth-order valence-corrected chi connectivity index (χ4v) is 3.11. The molecule has 0 saturated carbocycles. The van der Waals surface area contributed by atoms with Crippen molar-refractivity contribution in [3.8, 4) is 11.1 Å². The fraction of sp³-hybridized carbons (Fsp3) is 0.304. The van der Waals surface area contributed by atoms with Gasteiger partial charge in [-0.2, -0.15) is 18.3 Å². The van der Waals surface area contributed by atoms with Crippen LogP contribution in [-0.2, 0) is 18.0 Å². The number of aryl methyl sites for hydroxylation is 1. The van der Waals surface area contributed by atoms with Crippen LogP contribution in [0.2, 0.25) is 0 Å². The lowest BCUT2D eigenvalue weighted by Crippen LogP contribution is -2.35. The number of nitrogens with one attached hydrogen (secondary N) is 3. The first kappa shape index (κ1) is 24.7. The molecule has 3 rings (SSSR count). The number of ether oxygens (including phenoxy) is 1. The number of halogens is 3. The van der Waals surface area contributed by atoms with Crippen molar-refractivity contribution in [1.82, 2.24) is 20.1 Å². The first-order chi connectivity index (χ1) is 15.8. The molecule has 0 fully saturated rings. The Morgan fingerprint density at radius 1 is 1.15 bits per heavy atom. The molecule has 0 radical (unpaired) electrons. The highest BCUT2D eigenvalue weighted by Gasteiger charge is 2.30. The van der Waals surface area contributed by atoms with E-state index in [0.717, 1.165) is 12.1 Å². The number of anilines is 2. The van der Waals surface area contributed by atoms with Gasteiger partial charge >= 0.3 is 12.3 Å². The predicted octanol–water partition coefficient (Wildman–Crippen LogP) is 5.14. The number of pyridine rings is 1. The van der Waals surface area contributed by atoms with Crippen molar-refractivity contribution < 1.29 is 22.7 Å². The van der Waals surface area contributed by atoms with Gasteiger partial charge in [-0.25, -0.2) is 9.78 Å². The summed E-state index contributed by atoms with van der Waals surface area (Å²) in [6, 6.07) is 6.19. The highest BCUT2D eigenvalue weighted by atomic mass is 19.4. The summed E-state index contributed by atoms with van der Waals surface area (Å²) in [5.74, 6) is 0.247. The molecule has 0 aliphatic carbocycles. The molecule has 0 bridgehead atoms. The van der Waals surface area contributed by atoms with E-state index in [0.29, 0.717) is 22.4 Å². The zero-order valence-corrected chi connectivity index (χ0v) is 19.1. The summed E-state index contributed by atoms with van der Waals surface area (Å²) in [5.41, 5.74) is 0.601. The summed E-state index contributed by atoms with van der Waals surface area (Å²) in [5, 5.41) is 18.3. The molecule has 11 heteroatoms. The molecule has 34 heavy (non-hydrogen) atoms. The normalized spacial score (nSPS) is 11.7. The molecule has 0 unspecified atom stereocenters. The van der Waals surface area contributed by atoms with E-state index in [1.807, 2.05) is 0 Å². The summed E-state index contributed by atoms with van der Waals surface area (Å²) >= 11 is 0. The molecule has 180 valence electrons. The van der Waals surface area contributed by atoms with E-state index in [-0.39, 0.29) is 18.1 Å². The maximum absolute atomic E-state index is 12.9. The first-order valence-corrected chi connectivity index (χ1v) is 10.3. The Morgan fingerprint density at radius 3 is 2.38 bits per heavy atom. The van der Waals surface area contributed by atoms with Crippen molar-refractivity contribution >= 4 is 23.3 Å². The third kappa shape index (κ3) is 6.33. The zero-order valence-electron chi connectivity index (χ0n) is 19.1. The largest absolute Gasteiger partial charge is 0.444 e. The van der Waals surface area contributed by atoms with Crippen LogP contribution in [0.5, 0.6) is 0 Å². The maximum Gasteiger partial charge on any atom is 0.416 e. The number of alkyl carbamates (subject to hydrolysis) is 1. The van der Waals surface area contributed by atoms with Gasteiger partial charge in [-0.1, -0.05) is 0 Å². The number of aromatic nitrogens is 3. The monoisotopic (exact) mass is 474 g/mol. The molecule has 0 atom stereocenters. The number of amides is 1. The van der Waals surface area contributed by atoms with Crippen LogP contribution >= 0.6 is 0 Å². The summed E-state index contributed by atoms with van der Waals surface area (Å²) in [6.45, 7) is 5.03. The predicted molar refractivity (Wildman–Crippen MR) is 122 cm³/mol. The van der Waals surface area contributed by atoms with Gasteiger partial charge in [0.25, 0.3) is 0 Å². The molecule has 8 nitrogen and oxygen atoms in total. The van der Waals surface area contributed by atoms with Gasteiger partial charge < -0.3 is 20.8 Å². The van der Waals surface area contributed by atoms with Crippen molar-refractivity contribution in [3.63, 3.8) is 0 Å². The molecule has 3 N–H and O–H groups in total. The molecule has 2 heterocycles. The van der Waals surface area contributed by atoms with Crippen molar-refractivity contribution in [2.45, 2.75) is 32.5 Å². The average molecular weight is 474 g/mol. The molecule has 3 aromatic rings. The Balaban J connectivity index is 1.93. The third-order valence-electron chi connectivity index (χ3n) is 4.55. The number of rotatable bonds is 6. The van der Waals surface area contributed by atoms with Gasteiger partial charge in [-0.15, -0.1) is 0 Å². The van der Waals surface area contributed by atoms with E-state index >= 15 is 0 Å². The molecule has 0 aliphatic heterocycles. The summed E-state index contributed by atoms with van der Waals surface area (Å²) in [4.78, 5) is 16.4. The van der Waals surface area contributed by atoms with Crippen LogP contribution in [0.15, 0.2) is 48.9 Å². The van der Waals surface area contributed by atoms with E-state index in [4.69, 9.17) is 10.1 Å². The second kappa shape index (κ2) is 9.54.